The monoisotopic (exact) mass is 277 g/mol. The molecule has 18 heavy (non-hydrogen) atoms. The molecule has 1 N–H and O–H groups in total. The molecule has 0 unspecified atom stereocenters. The molecule has 1 aliphatic rings. The van der Waals surface area contributed by atoms with Crippen LogP contribution in [0.25, 0.3) is 0 Å². The normalized spacial score (nSPS) is 17.9. The largest absolute Gasteiger partial charge is 0.358 e. The van der Waals surface area contributed by atoms with Crippen molar-refractivity contribution in [2.45, 2.75) is 32.6 Å². The summed E-state index contributed by atoms with van der Waals surface area (Å²) in [7, 11) is -1.97. The molecule has 0 aliphatic carbocycles. The van der Waals surface area contributed by atoms with Gasteiger partial charge >= 0.3 is 0 Å². The van der Waals surface area contributed by atoms with Gasteiger partial charge < -0.3 is 5.32 Å². The zero-order chi connectivity index (χ0) is 13.6. The Kier molecular flexibility index (Phi) is 6.04. The van der Waals surface area contributed by atoms with Crippen molar-refractivity contribution in [2.75, 3.05) is 33.2 Å². The molecule has 6 nitrogen and oxygen atoms in total. The summed E-state index contributed by atoms with van der Waals surface area (Å²) < 4.78 is 27.6. The Morgan fingerprint density at radius 1 is 1.28 bits per heavy atom. The summed E-state index contributed by atoms with van der Waals surface area (Å²) in [6, 6.07) is 0. The number of amides is 1. The molecule has 1 heterocycles. The number of likely N-dealkylation sites (N-methyl/N-ethyl adjacent to an activating group) is 1. The van der Waals surface area contributed by atoms with E-state index in [0.29, 0.717) is 26.1 Å². The van der Waals surface area contributed by atoms with E-state index in [4.69, 9.17) is 0 Å². The van der Waals surface area contributed by atoms with Crippen molar-refractivity contribution >= 4 is 16.1 Å². The molecule has 1 rings (SSSR count). The van der Waals surface area contributed by atoms with Crippen LogP contribution in [0.2, 0.25) is 0 Å². The first-order valence-corrected chi connectivity index (χ1v) is 7.88. The fourth-order valence-corrected chi connectivity index (χ4v) is 3.76. The predicted octanol–water partition coefficient (Wildman–Crippen LogP) is 0.175. The van der Waals surface area contributed by atoms with Gasteiger partial charge in [0.1, 0.15) is 0 Å². The maximum Gasteiger partial charge on any atom is 0.282 e. The van der Waals surface area contributed by atoms with E-state index in [9.17, 15) is 13.2 Å². The number of rotatable bonds is 6. The molecule has 1 fully saturated rings. The highest BCUT2D eigenvalue weighted by molar-refractivity contribution is 7.86. The Morgan fingerprint density at radius 3 is 2.39 bits per heavy atom. The van der Waals surface area contributed by atoms with Crippen molar-refractivity contribution in [1.29, 1.82) is 0 Å². The Balaban J connectivity index is 2.78. The number of nitrogens with one attached hydrogen (secondary N) is 1. The van der Waals surface area contributed by atoms with Crippen LogP contribution in [0.1, 0.15) is 32.6 Å². The number of hydrogen-bond acceptors (Lipinski definition) is 3. The van der Waals surface area contributed by atoms with Gasteiger partial charge in [0.2, 0.25) is 5.91 Å². The highest BCUT2D eigenvalue weighted by Gasteiger charge is 2.31. The van der Waals surface area contributed by atoms with Crippen LogP contribution >= 0.6 is 0 Å². The van der Waals surface area contributed by atoms with Gasteiger partial charge in [-0.3, -0.25) is 4.79 Å². The fourth-order valence-electron chi connectivity index (χ4n) is 2.02. The van der Waals surface area contributed by atoms with E-state index >= 15 is 0 Å². The third-order valence-corrected chi connectivity index (χ3v) is 5.02. The van der Waals surface area contributed by atoms with Crippen molar-refractivity contribution in [1.82, 2.24) is 13.9 Å². The van der Waals surface area contributed by atoms with Gasteiger partial charge in [0, 0.05) is 26.7 Å². The van der Waals surface area contributed by atoms with Crippen LogP contribution in [-0.4, -0.2) is 56.2 Å². The van der Waals surface area contributed by atoms with Crippen LogP contribution in [0.4, 0.5) is 0 Å². The second-order valence-corrected chi connectivity index (χ2v) is 6.40. The Labute approximate surface area is 110 Å². The second-order valence-electron chi connectivity index (χ2n) is 4.47. The molecule has 0 aromatic heterocycles. The Morgan fingerprint density at radius 2 is 1.89 bits per heavy atom. The van der Waals surface area contributed by atoms with Gasteiger partial charge in [-0.05, 0) is 19.3 Å². The summed E-state index contributed by atoms with van der Waals surface area (Å²) in [5.74, 6) is -0.274. The molecular formula is C11H23N3O3S. The zero-order valence-corrected chi connectivity index (χ0v) is 12.0. The number of carbonyl (C=O) groups is 1. The van der Waals surface area contributed by atoms with Gasteiger partial charge in [-0.15, -0.1) is 0 Å². The van der Waals surface area contributed by atoms with Crippen molar-refractivity contribution < 1.29 is 13.2 Å². The standard InChI is InChI=1S/C11H23N3O3S/c1-3-7-14(10-11(15)12-2)18(16,17)13-8-5-4-6-9-13/h3-10H2,1-2H3,(H,12,15). The molecule has 1 aliphatic heterocycles. The molecule has 0 aromatic carbocycles. The fraction of sp³-hybridized carbons (Fsp3) is 0.909. The minimum atomic E-state index is -3.49. The molecule has 0 saturated carbocycles. The van der Waals surface area contributed by atoms with Gasteiger partial charge in [-0.25, -0.2) is 0 Å². The SMILES string of the molecule is CCCN(CC(=O)NC)S(=O)(=O)N1CCCCC1. The van der Waals surface area contributed by atoms with E-state index in [1.807, 2.05) is 6.92 Å². The van der Waals surface area contributed by atoms with Gasteiger partial charge in [0.05, 0.1) is 6.54 Å². The van der Waals surface area contributed by atoms with Crippen molar-refractivity contribution in [2.24, 2.45) is 0 Å². The van der Waals surface area contributed by atoms with Crippen LogP contribution in [0.15, 0.2) is 0 Å². The average Bonchev–Trinajstić information content (AvgIpc) is 2.39. The lowest BCUT2D eigenvalue weighted by molar-refractivity contribution is -0.120. The highest BCUT2D eigenvalue weighted by Crippen LogP contribution is 2.16. The quantitative estimate of drug-likeness (QED) is 0.752. The summed E-state index contributed by atoms with van der Waals surface area (Å²) in [5, 5.41) is 2.47. The number of hydrogen-bond donors (Lipinski definition) is 1. The molecule has 0 radical (unpaired) electrons. The van der Waals surface area contributed by atoms with Crippen molar-refractivity contribution in [3.8, 4) is 0 Å². The van der Waals surface area contributed by atoms with Crippen molar-refractivity contribution in [3.05, 3.63) is 0 Å². The summed E-state index contributed by atoms with van der Waals surface area (Å²) in [4.78, 5) is 11.4. The zero-order valence-electron chi connectivity index (χ0n) is 11.2. The maximum atomic E-state index is 12.4. The number of piperidine rings is 1. The number of carbonyl (C=O) groups excluding carboxylic acids is 1. The molecule has 1 saturated heterocycles. The Hall–Kier alpha value is -0.660. The van der Waals surface area contributed by atoms with Gasteiger partial charge in [0.15, 0.2) is 0 Å². The highest BCUT2D eigenvalue weighted by atomic mass is 32.2. The lowest BCUT2D eigenvalue weighted by Gasteiger charge is -2.31. The van der Waals surface area contributed by atoms with E-state index in [1.54, 1.807) is 0 Å². The van der Waals surface area contributed by atoms with Crippen LogP contribution in [-0.2, 0) is 15.0 Å². The maximum absolute atomic E-state index is 12.4. The lowest BCUT2D eigenvalue weighted by atomic mass is 10.2. The van der Waals surface area contributed by atoms with Gasteiger partial charge in [-0.2, -0.15) is 17.0 Å². The van der Waals surface area contributed by atoms with E-state index < -0.39 is 10.2 Å². The molecule has 7 heteroatoms. The molecule has 0 spiro atoms. The molecule has 106 valence electrons. The first kappa shape index (κ1) is 15.4. The van der Waals surface area contributed by atoms with Gasteiger partial charge in [0.25, 0.3) is 10.2 Å². The first-order valence-electron chi connectivity index (χ1n) is 6.48. The van der Waals surface area contributed by atoms with E-state index in [1.165, 1.54) is 15.7 Å². The summed E-state index contributed by atoms with van der Waals surface area (Å²) in [6.07, 6.45) is 3.58. The third kappa shape index (κ3) is 3.93. The molecule has 0 bridgehead atoms. The molecular weight excluding hydrogens is 254 g/mol. The van der Waals surface area contributed by atoms with Crippen LogP contribution < -0.4 is 5.32 Å². The van der Waals surface area contributed by atoms with E-state index in [-0.39, 0.29) is 12.5 Å². The minimum absolute atomic E-state index is 0.0941. The van der Waals surface area contributed by atoms with Crippen LogP contribution in [0.5, 0.6) is 0 Å². The predicted molar refractivity (Wildman–Crippen MR) is 70.3 cm³/mol. The molecule has 0 aromatic rings. The third-order valence-electron chi connectivity index (χ3n) is 3.04. The molecule has 1 amide bonds. The van der Waals surface area contributed by atoms with E-state index in [2.05, 4.69) is 5.32 Å². The summed E-state index contributed by atoms with van der Waals surface area (Å²) >= 11 is 0. The van der Waals surface area contributed by atoms with Gasteiger partial charge in [-0.1, -0.05) is 13.3 Å². The minimum Gasteiger partial charge on any atom is -0.358 e. The van der Waals surface area contributed by atoms with E-state index in [0.717, 1.165) is 19.3 Å². The summed E-state index contributed by atoms with van der Waals surface area (Å²) in [6.45, 7) is 3.32. The number of nitrogens with zero attached hydrogens (tertiary/aromatic N) is 2. The second kappa shape index (κ2) is 7.06. The van der Waals surface area contributed by atoms with Crippen molar-refractivity contribution in [3.63, 3.8) is 0 Å². The average molecular weight is 277 g/mol. The first-order chi connectivity index (χ1) is 8.52. The molecule has 0 atom stereocenters. The van der Waals surface area contributed by atoms with Crippen LogP contribution in [0.3, 0.4) is 0 Å². The summed E-state index contributed by atoms with van der Waals surface area (Å²) in [5.41, 5.74) is 0. The Bertz CT molecular complexity index is 364. The lowest BCUT2D eigenvalue weighted by Crippen LogP contribution is -2.49. The smallest absolute Gasteiger partial charge is 0.282 e. The topological polar surface area (TPSA) is 69.7 Å². The van der Waals surface area contributed by atoms with Crippen LogP contribution in [0, 0.1) is 0 Å².